The third-order valence-corrected chi connectivity index (χ3v) is 2.17. The van der Waals surface area contributed by atoms with Gasteiger partial charge in [0.05, 0.1) is 6.26 Å². The van der Waals surface area contributed by atoms with Crippen LogP contribution in [0.3, 0.4) is 0 Å². The Kier molecular flexibility index (Phi) is 6.97. The smallest absolute Gasteiger partial charge is 0.0591 e. The third kappa shape index (κ3) is 6.29. The van der Waals surface area contributed by atoms with Gasteiger partial charge in [-0.05, 0) is 32.5 Å². The number of thiol groups is 1. The van der Waals surface area contributed by atoms with Crippen LogP contribution in [0, 0.1) is 13.8 Å². The van der Waals surface area contributed by atoms with E-state index < -0.39 is 0 Å². The molecule has 12 heavy (non-hydrogen) atoms. The summed E-state index contributed by atoms with van der Waals surface area (Å²) in [6.45, 7) is 6.36. The van der Waals surface area contributed by atoms with Crippen LogP contribution in [0.15, 0.2) is 24.3 Å². The summed E-state index contributed by atoms with van der Waals surface area (Å²) in [6, 6.07) is 8.48. The normalized spacial score (nSPS) is 8.67. The number of aryl methyl sites for hydroxylation is 2. The minimum Gasteiger partial charge on any atom is -0.0591 e. The first kappa shape index (κ1) is 11.6. The van der Waals surface area contributed by atoms with Crippen LogP contribution in [0.4, 0.5) is 0 Å². The molecule has 1 aromatic rings. The second kappa shape index (κ2) is 7.23. The lowest BCUT2D eigenvalue weighted by molar-refractivity contribution is 1.40. The summed E-state index contributed by atoms with van der Waals surface area (Å²) in [6.07, 6.45) is 2.15. The van der Waals surface area contributed by atoms with Crippen molar-refractivity contribution in [2.24, 2.45) is 0 Å². The molecular weight excluding hydrogens is 164 g/mol. The van der Waals surface area contributed by atoms with Gasteiger partial charge in [-0.25, -0.2) is 0 Å². The fraction of sp³-hybridized carbons (Fsp3) is 0.455. The molecule has 0 unspecified atom stereocenters. The summed E-state index contributed by atoms with van der Waals surface area (Å²) in [5, 5.41) is 0. The fourth-order valence-electron chi connectivity index (χ4n) is 0.637. The number of benzene rings is 1. The maximum atomic E-state index is 2.17. The van der Waals surface area contributed by atoms with Gasteiger partial charge in [0.1, 0.15) is 5.75 Å². The van der Waals surface area contributed by atoms with Gasteiger partial charge in [0.25, 0.3) is 0 Å². The number of hydrogen-bond donors (Lipinski definition) is 0. The molecule has 0 saturated carbocycles. The van der Waals surface area contributed by atoms with Crippen LogP contribution < -0.4 is 0 Å². The summed E-state index contributed by atoms with van der Waals surface area (Å²) < 4.78 is 0. The monoisotopic (exact) mass is 183 g/mol. The first-order chi connectivity index (χ1) is 5.70. The largest absolute Gasteiger partial charge is 0.102 e. The maximum Gasteiger partial charge on any atom is 0.102 e. The highest BCUT2D eigenvalue weighted by molar-refractivity contribution is 7.77. The van der Waals surface area contributed by atoms with Crippen molar-refractivity contribution < 1.29 is 0 Å². The molecule has 0 aliphatic heterocycles. The van der Waals surface area contributed by atoms with E-state index in [0.29, 0.717) is 0 Å². The van der Waals surface area contributed by atoms with Gasteiger partial charge in [0.2, 0.25) is 0 Å². The quantitative estimate of drug-likeness (QED) is 0.464. The molecule has 0 heterocycles. The second-order valence-electron chi connectivity index (χ2n) is 2.79. The summed E-state index contributed by atoms with van der Waals surface area (Å²) in [5.74, 6) is 1.29. The lowest BCUT2D eigenvalue weighted by atomic mass is 10.2. The van der Waals surface area contributed by atoms with Gasteiger partial charge in [-0.15, -0.1) is 0 Å². The van der Waals surface area contributed by atoms with E-state index in [2.05, 4.69) is 51.3 Å². The van der Waals surface area contributed by atoms with Crippen molar-refractivity contribution in [3.63, 3.8) is 0 Å². The van der Waals surface area contributed by atoms with E-state index in [1.165, 1.54) is 28.6 Å². The molecule has 0 aromatic heterocycles. The fourth-order valence-corrected chi connectivity index (χ4v) is 0.637. The molecule has 0 spiro atoms. The summed E-state index contributed by atoms with van der Waals surface area (Å²) >= 11 is 1.50. The predicted octanol–water partition coefficient (Wildman–Crippen LogP) is 2.75. The first-order valence-electron chi connectivity index (χ1n) is 4.29. The SMILES string of the molecule is CC[SH+]C.Cc1ccc(C)cc1. The molecule has 0 fully saturated rings. The second-order valence-corrected chi connectivity index (χ2v) is 4.05. The van der Waals surface area contributed by atoms with Crippen LogP contribution in [0.1, 0.15) is 18.1 Å². The highest BCUT2D eigenvalue weighted by Gasteiger charge is 1.79. The summed E-state index contributed by atoms with van der Waals surface area (Å²) in [7, 11) is 0. The molecule has 0 saturated heterocycles. The Morgan fingerprint density at radius 3 is 1.42 bits per heavy atom. The van der Waals surface area contributed by atoms with Crippen LogP contribution >= 0.6 is 0 Å². The van der Waals surface area contributed by atoms with E-state index in [1.54, 1.807) is 0 Å². The zero-order valence-electron chi connectivity index (χ0n) is 8.46. The van der Waals surface area contributed by atoms with Crippen molar-refractivity contribution in [2.45, 2.75) is 20.8 Å². The van der Waals surface area contributed by atoms with Crippen LogP contribution in [0.25, 0.3) is 0 Å². The first-order valence-corrected chi connectivity index (χ1v) is 5.82. The summed E-state index contributed by atoms with van der Waals surface area (Å²) in [5.41, 5.74) is 2.66. The average molecular weight is 183 g/mol. The predicted molar refractivity (Wildman–Crippen MR) is 61.1 cm³/mol. The molecule has 1 rings (SSSR count). The van der Waals surface area contributed by atoms with Crippen molar-refractivity contribution >= 4 is 11.8 Å². The Morgan fingerprint density at radius 1 is 1.00 bits per heavy atom. The van der Waals surface area contributed by atoms with Gasteiger partial charge < -0.3 is 0 Å². The van der Waals surface area contributed by atoms with Crippen molar-refractivity contribution in [3.8, 4) is 0 Å². The lowest BCUT2D eigenvalue weighted by Crippen LogP contribution is -1.71. The zero-order valence-corrected chi connectivity index (χ0v) is 9.36. The van der Waals surface area contributed by atoms with Crippen LogP contribution in [0.5, 0.6) is 0 Å². The lowest BCUT2D eigenvalue weighted by Gasteiger charge is -1.90. The minimum atomic E-state index is 1.29. The maximum absolute atomic E-state index is 2.17. The molecular formula is C11H19S+. The Balaban J connectivity index is 0.000000261. The number of rotatable bonds is 1. The van der Waals surface area contributed by atoms with Crippen LogP contribution in [-0.2, 0) is 11.8 Å². The van der Waals surface area contributed by atoms with E-state index in [1.807, 2.05) is 0 Å². The van der Waals surface area contributed by atoms with Crippen LogP contribution in [-0.4, -0.2) is 12.0 Å². The molecule has 0 atom stereocenters. The van der Waals surface area contributed by atoms with E-state index >= 15 is 0 Å². The molecule has 0 aliphatic rings. The van der Waals surface area contributed by atoms with Gasteiger partial charge in [-0.3, -0.25) is 0 Å². The van der Waals surface area contributed by atoms with Crippen molar-refractivity contribution in [1.82, 2.24) is 0 Å². The molecule has 0 amide bonds. The molecule has 0 N–H and O–H groups in total. The topological polar surface area (TPSA) is 0 Å². The van der Waals surface area contributed by atoms with Crippen LogP contribution in [0.2, 0.25) is 0 Å². The van der Waals surface area contributed by atoms with E-state index in [4.69, 9.17) is 0 Å². The number of hydrogen-bond acceptors (Lipinski definition) is 0. The van der Waals surface area contributed by atoms with E-state index in [9.17, 15) is 0 Å². The average Bonchev–Trinajstić information content (AvgIpc) is 2.11. The molecule has 0 nitrogen and oxygen atoms in total. The highest BCUT2D eigenvalue weighted by atomic mass is 32.2. The van der Waals surface area contributed by atoms with Gasteiger partial charge in [0, 0.05) is 0 Å². The molecule has 0 bridgehead atoms. The van der Waals surface area contributed by atoms with Crippen molar-refractivity contribution in [3.05, 3.63) is 35.4 Å². The van der Waals surface area contributed by atoms with E-state index in [-0.39, 0.29) is 0 Å². The Hall–Kier alpha value is -0.430. The van der Waals surface area contributed by atoms with Crippen molar-refractivity contribution in [2.75, 3.05) is 12.0 Å². The summed E-state index contributed by atoms with van der Waals surface area (Å²) in [4.78, 5) is 0. The van der Waals surface area contributed by atoms with Gasteiger partial charge in [-0.2, -0.15) is 0 Å². The standard InChI is InChI=1S/C8H10.C3H8S/c1-7-3-5-8(2)6-4-7;1-3-4-2/h3-6H,1-2H3;3H2,1-2H3/p+1. The molecule has 1 aromatic carbocycles. The van der Waals surface area contributed by atoms with Gasteiger partial charge in [-0.1, -0.05) is 35.4 Å². The van der Waals surface area contributed by atoms with E-state index in [0.717, 1.165) is 0 Å². The van der Waals surface area contributed by atoms with Gasteiger partial charge in [0.15, 0.2) is 0 Å². The molecule has 0 radical (unpaired) electrons. The molecule has 68 valence electrons. The zero-order chi connectivity index (χ0) is 9.40. The third-order valence-electron chi connectivity index (χ3n) is 1.53. The highest BCUT2D eigenvalue weighted by Crippen LogP contribution is 1.99. The molecule has 0 aliphatic carbocycles. The minimum absolute atomic E-state index is 1.29. The van der Waals surface area contributed by atoms with Crippen molar-refractivity contribution in [1.29, 1.82) is 0 Å². The van der Waals surface area contributed by atoms with Gasteiger partial charge >= 0.3 is 0 Å². The Bertz CT molecular complexity index is 166. The Labute approximate surface area is 80.4 Å². The molecule has 1 heteroatoms. The Morgan fingerprint density at radius 2 is 1.25 bits per heavy atom.